The second-order valence-electron chi connectivity index (χ2n) is 4.03. The number of hydrogen-bond acceptors (Lipinski definition) is 4. The number of carbonyl (C=O) groups excluding carboxylic acids is 1. The molecule has 0 aliphatic carbocycles. The fraction of sp³-hybridized carbons (Fsp3) is 0.231. The Morgan fingerprint density at radius 1 is 1.47 bits per heavy atom. The van der Waals surface area contributed by atoms with Gasteiger partial charge in [0, 0.05) is 35.2 Å². The van der Waals surface area contributed by atoms with Crippen molar-refractivity contribution in [2.75, 3.05) is 5.73 Å². The van der Waals surface area contributed by atoms with Gasteiger partial charge in [-0.2, -0.15) is 0 Å². The van der Waals surface area contributed by atoms with E-state index < -0.39 is 5.97 Å². The number of pyridine rings is 1. The molecule has 0 saturated carbocycles. The fourth-order valence-corrected chi connectivity index (χ4v) is 2.14. The zero-order chi connectivity index (χ0) is 13.8. The molecule has 2 rings (SSSR count). The highest BCUT2D eigenvalue weighted by Crippen LogP contribution is 2.14. The number of halogens is 1. The van der Waals surface area contributed by atoms with Crippen LogP contribution in [0.2, 0.25) is 0 Å². The Bertz CT molecular complexity index is 595. The summed E-state index contributed by atoms with van der Waals surface area (Å²) >= 11 is 3.32. The van der Waals surface area contributed by atoms with E-state index in [9.17, 15) is 4.79 Å². The molecule has 0 fully saturated rings. The third-order valence-electron chi connectivity index (χ3n) is 2.60. The van der Waals surface area contributed by atoms with E-state index in [0.29, 0.717) is 17.9 Å². The van der Waals surface area contributed by atoms with Crippen LogP contribution in [-0.2, 0) is 17.9 Å². The lowest BCUT2D eigenvalue weighted by atomic mass is 10.3. The largest absolute Gasteiger partial charge is 0.456 e. The lowest BCUT2D eigenvalue weighted by Crippen LogP contribution is -2.11. The lowest BCUT2D eigenvalue weighted by molar-refractivity contribution is 0.0460. The molecule has 6 heteroatoms. The summed E-state index contributed by atoms with van der Waals surface area (Å²) < 4.78 is 7.86. The summed E-state index contributed by atoms with van der Waals surface area (Å²) in [5.41, 5.74) is 7.51. The minimum absolute atomic E-state index is 0.181. The zero-order valence-corrected chi connectivity index (χ0v) is 12.1. The van der Waals surface area contributed by atoms with Crippen molar-refractivity contribution in [1.29, 1.82) is 0 Å². The first-order chi connectivity index (χ1) is 9.10. The van der Waals surface area contributed by atoms with Gasteiger partial charge in [-0.25, -0.2) is 4.79 Å². The van der Waals surface area contributed by atoms with Crippen molar-refractivity contribution in [1.82, 2.24) is 9.55 Å². The Kier molecular flexibility index (Phi) is 4.21. The van der Waals surface area contributed by atoms with Crippen molar-refractivity contribution in [2.45, 2.75) is 20.1 Å². The van der Waals surface area contributed by atoms with E-state index in [1.54, 1.807) is 29.2 Å². The van der Waals surface area contributed by atoms with E-state index in [0.717, 1.165) is 10.0 Å². The fourth-order valence-electron chi connectivity index (χ4n) is 1.72. The first-order valence-electron chi connectivity index (χ1n) is 5.82. The van der Waals surface area contributed by atoms with Crippen LogP contribution in [0.1, 0.15) is 23.0 Å². The molecule has 0 atom stereocenters. The number of nitrogens with two attached hydrogens (primary N) is 1. The third-order valence-corrected chi connectivity index (χ3v) is 3.03. The van der Waals surface area contributed by atoms with Gasteiger partial charge in [0.2, 0.25) is 0 Å². The molecule has 0 aliphatic rings. The van der Waals surface area contributed by atoms with E-state index in [1.807, 2.05) is 13.0 Å². The molecular weight excluding hydrogens is 310 g/mol. The van der Waals surface area contributed by atoms with E-state index in [2.05, 4.69) is 20.9 Å². The zero-order valence-electron chi connectivity index (χ0n) is 10.5. The van der Waals surface area contributed by atoms with Crippen LogP contribution in [0, 0.1) is 0 Å². The van der Waals surface area contributed by atoms with Gasteiger partial charge in [0.05, 0.1) is 5.69 Å². The molecule has 0 bridgehead atoms. The molecule has 2 aromatic heterocycles. The maximum atomic E-state index is 12.0. The van der Waals surface area contributed by atoms with Gasteiger partial charge in [0.25, 0.3) is 0 Å². The van der Waals surface area contributed by atoms with Crippen LogP contribution < -0.4 is 5.73 Å². The second kappa shape index (κ2) is 5.88. The van der Waals surface area contributed by atoms with Crippen LogP contribution in [0.15, 0.2) is 35.2 Å². The van der Waals surface area contributed by atoms with Gasteiger partial charge in [-0.15, -0.1) is 0 Å². The maximum Gasteiger partial charge on any atom is 0.355 e. The van der Waals surface area contributed by atoms with Crippen molar-refractivity contribution >= 4 is 27.6 Å². The third kappa shape index (κ3) is 3.35. The first-order valence-corrected chi connectivity index (χ1v) is 6.61. The molecular formula is C13H14BrN3O2. The van der Waals surface area contributed by atoms with Crippen LogP contribution in [0.25, 0.3) is 0 Å². The van der Waals surface area contributed by atoms with Crippen LogP contribution in [-0.4, -0.2) is 15.5 Å². The van der Waals surface area contributed by atoms with Gasteiger partial charge in [-0.05, 0) is 35.0 Å². The molecule has 100 valence electrons. The minimum atomic E-state index is -0.390. The Labute approximate surface area is 119 Å². The highest BCUT2D eigenvalue weighted by Gasteiger charge is 2.13. The smallest absolute Gasteiger partial charge is 0.355 e. The van der Waals surface area contributed by atoms with Gasteiger partial charge < -0.3 is 15.0 Å². The molecule has 19 heavy (non-hydrogen) atoms. The van der Waals surface area contributed by atoms with Gasteiger partial charge in [0.1, 0.15) is 12.3 Å². The molecule has 2 heterocycles. The van der Waals surface area contributed by atoms with Gasteiger partial charge in [-0.3, -0.25) is 4.98 Å². The van der Waals surface area contributed by atoms with Crippen LogP contribution >= 0.6 is 15.9 Å². The number of hydrogen-bond donors (Lipinski definition) is 1. The molecule has 2 N–H and O–H groups in total. The van der Waals surface area contributed by atoms with Crippen molar-refractivity contribution in [3.63, 3.8) is 0 Å². The molecule has 0 saturated heterocycles. The quantitative estimate of drug-likeness (QED) is 0.878. The topological polar surface area (TPSA) is 70.1 Å². The summed E-state index contributed by atoms with van der Waals surface area (Å²) in [7, 11) is 0. The predicted octanol–water partition coefficient (Wildman–Crippen LogP) is 2.60. The average molecular weight is 324 g/mol. The van der Waals surface area contributed by atoms with E-state index in [1.165, 1.54) is 0 Å². The molecule has 0 aromatic carbocycles. The summed E-state index contributed by atoms with van der Waals surface area (Å²) in [5.74, 6) is -0.390. The number of esters is 1. The number of anilines is 1. The highest BCUT2D eigenvalue weighted by molar-refractivity contribution is 9.10. The molecule has 0 unspecified atom stereocenters. The lowest BCUT2D eigenvalue weighted by Gasteiger charge is -2.07. The normalized spacial score (nSPS) is 10.4. The molecule has 0 aliphatic heterocycles. The van der Waals surface area contributed by atoms with E-state index in [4.69, 9.17) is 10.5 Å². The van der Waals surface area contributed by atoms with Crippen molar-refractivity contribution in [3.05, 3.63) is 46.5 Å². The number of nitrogens with zero attached hydrogens (tertiary/aromatic N) is 2. The molecule has 2 aromatic rings. The Hall–Kier alpha value is -1.82. The number of carbonyl (C=O) groups is 1. The van der Waals surface area contributed by atoms with E-state index in [-0.39, 0.29) is 6.61 Å². The summed E-state index contributed by atoms with van der Waals surface area (Å²) in [6, 6.07) is 3.47. The highest BCUT2D eigenvalue weighted by atomic mass is 79.9. The Balaban J connectivity index is 2.05. The number of nitrogen functional groups attached to an aromatic ring is 1. The van der Waals surface area contributed by atoms with Crippen molar-refractivity contribution in [3.8, 4) is 0 Å². The number of ether oxygens (including phenoxy) is 1. The van der Waals surface area contributed by atoms with Crippen molar-refractivity contribution < 1.29 is 9.53 Å². The standard InChI is InChI=1S/C13H14BrN3O2/c1-2-17-7-11(15)4-12(17)13(18)19-8-9-3-10(14)6-16-5-9/h3-7H,2,8,15H2,1H3. The molecule has 5 nitrogen and oxygen atoms in total. The van der Waals surface area contributed by atoms with Gasteiger partial charge in [0.15, 0.2) is 0 Å². The minimum Gasteiger partial charge on any atom is -0.456 e. The maximum absolute atomic E-state index is 12.0. The van der Waals surface area contributed by atoms with Gasteiger partial charge >= 0.3 is 5.97 Å². The number of aromatic nitrogens is 2. The number of rotatable bonds is 4. The SMILES string of the molecule is CCn1cc(N)cc1C(=O)OCc1cncc(Br)c1. The van der Waals surface area contributed by atoms with Crippen LogP contribution in [0.4, 0.5) is 5.69 Å². The van der Waals surface area contributed by atoms with Crippen LogP contribution in [0.5, 0.6) is 0 Å². The average Bonchev–Trinajstić information content (AvgIpc) is 2.77. The molecule has 0 amide bonds. The molecule has 0 spiro atoms. The Morgan fingerprint density at radius 2 is 2.26 bits per heavy atom. The van der Waals surface area contributed by atoms with Gasteiger partial charge in [-0.1, -0.05) is 0 Å². The first kappa shape index (κ1) is 13.6. The van der Waals surface area contributed by atoms with Crippen molar-refractivity contribution in [2.24, 2.45) is 0 Å². The van der Waals surface area contributed by atoms with E-state index >= 15 is 0 Å². The summed E-state index contributed by atoms with van der Waals surface area (Å²) in [6.45, 7) is 2.79. The monoisotopic (exact) mass is 323 g/mol. The predicted molar refractivity (Wildman–Crippen MR) is 75.6 cm³/mol. The Morgan fingerprint density at radius 3 is 2.95 bits per heavy atom. The summed E-state index contributed by atoms with van der Waals surface area (Å²) in [6.07, 6.45) is 5.05. The van der Waals surface area contributed by atoms with Crippen LogP contribution in [0.3, 0.4) is 0 Å². The summed E-state index contributed by atoms with van der Waals surface area (Å²) in [4.78, 5) is 16.0. The second-order valence-corrected chi connectivity index (χ2v) is 4.95. The molecule has 0 radical (unpaired) electrons. The summed E-state index contributed by atoms with van der Waals surface area (Å²) in [5, 5.41) is 0. The number of aryl methyl sites for hydroxylation is 1.